The first-order chi connectivity index (χ1) is 11.2. The minimum absolute atomic E-state index is 0.332. The maximum absolute atomic E-state index is 12.2. The lowest BCUT2D eigenvalue weighted by Gasteiger charge is -2.10. The highest BCUT2D eigenvalue weighted by Gasteiger charge is 2.25. The molecule has 1 aliphatic rings. The van der Waals surface area contributed by atoms with Gasteiger partial charge in [-0.05, 0) is 55.2 Å². The summed E-state index contributed by atoms with van der Waals surface area (Å²) in [7, 11) is 0. The van der Waals surface area contributed by atoms with Gasteiger partial charge in [0, 0.05) is 5.56 Å². The van der Waals surface area contributed by atoms with E-state index in [2.05, 4.69) is 0 Å². The topological polar surface area (TPSA) is 52.6 Å². The molecular formula is C19H18O4. The molecule has 0 amide bonds. The van der Waals surface area contributed by atoms with Crippen LogP contribution in [0.1, 0.15) is 45.7 Å². The first kappa shape index (κ1) is 15.3. The van der Waals surface area contributed by atoms with Crippen molar-refractivity contribution < 1.29 is 19.1 Å². The molecule has 0 unspecified atom stereocenters. The van der Waals surface area contributed by atoms with E-state index in [-0.39, 0.29) is 11.9 Å². The monoisotopic (exact) mass is 310 g/mol. The lowest BCUT2D eigenvalue weighted by atomic mass is 9.98. The largest absolute Gasteiger partial charge is 0.462 e. The zero-order valence-corrected chi connectivity index (χ0v) is 13.2. The average molecular weight is 310 g/mol. The second-order valence-corrected chi connectivity index (χ2v) is 5.33. The summed E-state index contributed by atoms with van der Waals surface area (Å²) < 4.78 is 10.2. The van der Waals surface area contributed by atoms with Gasteiger partial charge in [0.25, 0.3) is 0 Å². The third-order valence-corrected chi connectivity index (χ3v) is 3.92. The first-order valence-electron chi connectivity index (χ1n) is 7.75. The fourth-order valence-electron chi connectivity index (χ4n) is 2.95. The van der Waals surface area contributed by atoms with Gasteiger partial charge in [-0.3, -0.25) is 0 Å². The standard InChI is InChI=1S/C19H18O4/c1-3-22-18(20)14-9-8-12-10-13-6-5-7-15(19(21)23-4-2)17(13)16(12)11-14/h5-9,11H,3-4,10H2,1-2H3. The first-order valence-corrected chi connectivity index (χ1v) is 7.75. The van der Waals surface area contributed by atoms with Crippen molar-refractivity contribution in [3.05, 3.63) is 58.7 Å². The number of ether oxygens (including phenoxy) is 2. The van der Waals surface area contributed by atoms with Gasteiger partial charge in [0.05, 0.1) is 24.3 Å². The Morgan fingerprint density at radius 3 is 2.43 bits per heavy atom. The van der Waals surface area contributed by atoms with Crippen molar-refractivity contribution in [3.63, 3.8) is 0 Å². The molecule has 0 aromatic heterocycles. The molecule has 0 radical (unpaired) electrons. The summed E-state index contributed by atoms with van der Waals surface area (Å²) in [6.45, 7) is 4.23. The summed E-state index contributed by atoms with van der Waals surface area (Å²) in [6.07, 6.45) is 0.751. The number of carbonyl (C=O) groups is 2. The van der Waals surface area contributed by atoms with Gasteiger partial charge in [-0.2, -0.15) is 0 Å². The molecular weight excluding hydrogens is 292 g/mol. The molecule has 0 atom stereocenters. The van der Waals surface area contributed by atoms with E-state index in [1.54, 1.807) is 26.0 Å². The summed E-state index contributed by atoms with van der Waals surface area (Å²) in [4.78, 5) is 24.2. The Bertz CT molecular complexity index is 777. The highest BCUT2D eigenvalue weighted by Crippen LogP contribution is 2.39. The summed E-state index contributed by atoms with van der Waals surface area (Å²) in [6, 6.07) is 11.1. The summed E-state index contributed by atoms with van der Waals surface area (Å²) >= 11 is 0. The number of benzene rings is 2. The van der Waals surface area contributed by atoms with Crippen molar-refractivity contribution in [1.29, 1.82) is 0 Å². The molecule has 23 heavy (non-hydrogen) atoms. The second-order valence-electron chi connectivity index (χ2n) is 5.33. The number of hydrogen-bond acceptors (Lipinski definition) is 4. The van der Waals surface area contributed by atoms with Gasteiger partial charge in [-0.15, -0.1) is 0 Å². The van der Waals surface area contributed by atoms with Crippen molar-refractivity contribution in [2.45, 2.75) is 20.3 Å². The maximum atomic E-state index is 12.2. The van der Waals surface area contributed by atoms with Crippen molar-refractivity contribution in [1.82, 2.24) is 0 Å². The Morgan fingerprint density at radius 2 is 1.70 bits per heavy atom. The quantitative estimate of drug-likeness (QED) is 0.691. The number of hydrogen-bond donors (Lipinski definition) is 0. The highest BCUT2D eigenvalue weighted by atomic mass is 16.5. The molecule has 2 aromatic carbocycles. The molecule has 4 nitrogen and oxygen atoms in total. The fourth-order valence-corrected chi connectivity index (χ4v) is 2.95. The van der Waals surface area contributed by atoms with Gasteiger partial charge in [0.2, 0.25) is 0 Å². The van der Waals surface area contributed by atoms with Crippen LogP contribution in [0.2, 0.25) is 0 Å². The smallest absolute Gasteiger partial charge is 0.338 e. The highest BCUT2D eigenvalue weighted by molar-refractivity contribution is 6.01. The molecule has 1 aliphatic carbocycles. The van der Waals surface area contributed by atoms with Crippen LogP contribution in [-0.4, -0.2) is 25.2 Å². The molecule has 0 fully saturated rings. The van der Waals surface area contributed by atoms with E-state index in [0.29, 0.717) is 24.3 Å². The minimum atomic E-state index is -0.350. The molecule has 0 heterocycles. The van der Waals surface area contributed by atoms with Gasteiger partial charge < -0.3 is 9.47 Å². The predicted molar refractivity (Wildman–Crippen MR) is 86.6 cm³/mol. The van der Waals surface area contributed by atoms with Crippen LogP contribution in [0, 0.1) is 0 Å². The minimum Gasteiger partial charge on any atom is -0.462 e. The van der Waals surface area contributed by atoms with Crippen LogP contribution in [0.4, 0.5) is 0 Å². The normalized spacial score (nSPS) is 11.6. The molecule has 3 rings (SSSR count). The number of esters is 2. The molecule has 0 saturated heterocycles. The van der Waals surface area contributed by atoms with Crippen LogP contribution in [-0.2, 0) is 15.9 Å². The van der Waals surface area contributed by atoms with Crippen LogP contribution in [0.25, 0.3) is 11.1 Å². The van der Waals surface area contributed by atoms with Gasteiger partial charge >= 0.3 is 11.9 Å². The summed E-state index contributed by atoms with van der Waals surface area (Å²) in [5.41, 5.74) is 5.00. The van der Waals surface area contributed by atoms with E-state index < -0.39 is 0 Å². The van der Waals surface area contributed by atoms with Gasteiger partial charge in [-0.25, -0.2) is 9.59 Å². The van der Waals surface area contributed by atoms with Crippen LogP contribution < -0.4 is 0 Å². The molecule has 4 heteroatoms. The lowest BCUT2D eigenvalue weighted by Crippen LogP contribution is -2.07. The second kappa shape index (κ2) is 6.24. The molecule has 0 N–H and O–H groups in total. The van der Waals surface area contributed by atoms with Gasteiger partial charge in [-0.1, -0.05) is 18.2 Å². The zero-order valence-electron chi connectivity index (χ0n) is 13.2. The molecule has 0 aliphatic heterocycles. The molecule has 118 valence electrons. The zero-order chi connectivity index (χ0) is 16.4. The van der Waals surface area contributed by atoms with E-state index in [0.717, 1.165) is 28.7 Å². The van der Waals surface area contributed by atoms with Crippen LogP contribution in [0.3, 0.4) is 0 Å². The molecule has 2 aromatic rings. The third-order valence-electron chi connectivity index (χ3n) is 3.92. The SMILES string of the molecule is CCOC(=O)c1ccc2c(c1)-c1c(cccc1C(=O)OCC)C2. The van der Waals surface area contributed by atoms with Crippen LogP contribution >= 0.6 is 0 Å². The van der Waals surface area contributed by atoms with E-state index in [4.69, 9.17) is 9.47 Å². The Hall–Kier alpha value is -2.62. The fraction of sp³-hybridized carbons (Fsp3) is 0.263. The Morgan fingerprint density at radius 1 is 0.957 bits per heavy atom. The van der Waals surface area contributed by atoms with E-state index in [1.165, 1.54) is 0 Å². The average Bonchev–Trinajstić information content (AvgIpc) is 2.93. The Labute approximate surface area is 135 Å². The van der Waals surface area contributed by atoms with Crippen molar-refractivity contribution >= 4 is 11.9 Å². The van der Waals surface area contributed by atoms with E-state index in [9.17, 15) is 9.59 Å². The van der Waals surface area contributed by atoms with E-state index in [1.807, 2.05) is 24.3 Å². The third kappa shape index (κ3) is 2.72. The van der Waals surface area contributed by atoms with E-state index >= 15 is 0 Å². The summed E-state index contributed by atoms with van der Waals surface area (Å²) in [5.74, 6) is -0.684. The number of fused-ring (bicyclic) bond motifs is 3. The lowest BCUT2D eigenvalue weighted by molar-refractivity contribution is 0.0518. The van der Waals surface area contributed by atoms with Crippen molar-refractivity contribution in [2.24, 2.45) is 0 Å². The van der Waals surface area contributed by atoms with Gasteiger partial charge in [0.1, 0.15) is 0 Å². The van der Waals surface area contributed by atoms with Crippen molar-refractivity contribution in [2.75, 3.05) is 13.2 Å². The summed E-state index contributed by atoms with van der Waals surface area (Å²) in [5, 5.41) is 0. The Balaban J connectivity index is 2.09. The Kier molecular flexibility index (Phi) is 4.15. The maximum Gasteiger partial charge on any atom is 0.338 e. The molecule has 0 saturated carbocycles. The number of rotatable bonds is 4. The number of carbonyl (C=O) groups excluding carboxylic acids is 2. The predicted octanol–water partition coefficient (Wildman–Crippen LogP) is 3.61. The van der Waals surface area contributed by atoms with Crippen molar-refractivity contribution in [3.8, 4) is 11.1 Å². The molecule has 0 bridgehead atoms. The van der Waals surface area contributed by atoms with Crippen LogP contribution in [0.15, 0.2) is 36.4 Å². The molecule has 0 spiro atoms. The van der Waals surface area contributed by atoms with Crippen LogP contribution in [0.5, 0.6) is 0 Å². The van der Waals surface area contributed by atoms with Gasteiger partial charge in [0.15, 0.2) is 0 Å².